The van der Waals surface area contributed by atoms with Crippen molar-refractivity contribution in [2.45, 2.75) is 6.92 Å². The van der Waals surface area contributed by atoms with E-state index in [9.17, 15) is 14.9 Å². The van der Waals surface area contributed by atoms with Gasteiger partial charge in [0.1, 0.15) is 6.33 Å². The fourth-order valence-electron chi connectivity index (χ4n) is 2.74. The van der Waals surface area contributed by atoms with Crippen LogP contribution in [0.1, 0.15) is 6.92 Å². The van der Waals surface area contributed by atoms with Gasteiger partial charge in [0.25, 0.3) is 0 Å². The number of hydrogen-bond donors (Lipinski definition) is 3. The molecule has 0 aliphatic rings. The molecule has 0 radical (unpaired) electrons. The number of rotatable bonds is 6. The van der Waals surface area contributed by atoms with Crippen LogP contribution in [0.5, 0.6) is 0 Å². The van der Waals surface area contributed by atoms with Crippen molar-refractivity contribution in [3.8, 4) is 0 Å². The molecule has 1 amide bonds. The number of amides is 1. The first-order chi connectivity index (χ1) is 14.5. The molecule has 3 N–H and O–H groups in total. The molecular formula is C19H15N7O3S. The summed E-state index contributed by atoms with van der Waals surface area (Å²) in [4.78, 5) is 34.8. The number of benzene rings is 2. The number of anilines is 5. The van der Waals surface area contributed by atoms with E-state index in [1.807, 2.05) is 24.3 Å². The molecule has 2 aromatic heterocycles. The monoisotopic (exact) mass is 421 g/mol. The Morgan fingerprint density at radius 3 is 2.33 bits per heavy atom. The van der Waals surface area contributed by atoms with Gasteiger partial charge in [-0.2, -0.15) is 0 Å². The molecule has 0 spiro atoms. The van der Waals surface area contributed by atoms with Crippen LogP contribution < -0.4 is 16.0 Å². The third-order valence-electron chi connectivity index (χ3n) is 3.99. The van der Waals surface area contributed by atoms with Crippen LogP contribution in [0.15, 0.2) is 54.9 Å². The van der Waals surface area contributed by atoms with E-state index < -0.39 is 4.92 Å². The smallest absolute Gasteiger partial charge is 0.334 e. The Morgan fingerprint density at radius 2 is 1.67 bits per heavy atom. The molecule has 2 heterocycles. The minimum Gasteiger partial charge on any atom is -0.334 e. The molecule has 4 rings (SSSR count). The summed E-state index contributed by atoms with van der Waals surface area (Å²) in [6.45, 7) is 1.41. The van der Waals surface area contributed by atoms with Gasteiger partial charge < -0.3 is 16.0 Å². The maximum atomic E-state index is 11.8. The second-order valence-electron chi connectivity index (χ2n) is 6.17. The van der Waals surface area contributed by atoms with Gasteiger partial charge in [0, 0.05) is 18.3 Å². The summed E-state index contributed by atoms with van der Waals surface area (Å²) in [5.74, 6) is -0.120. The van der Waals surface area contributed by atoms with Crippen molar-refractivity contribution in [2.75, 3.05) is 16.0 Å². The molecule has 11 heteroatoms. The number of nitrogens with one attached hydrogen (secondary N) is 3. The highest BCUT2D eigenvalue weighted by molar-refractivity contribution is 7.22. The fraction of sp³-hybridized carbons (Fsp3) is 0.0526. The van der Waals surface area contributed by atoms with E-state index in [4.69, 9.17) is 0 Å². The van der Waals surface area contributed by atoms with Crippen LogP contribution in [0, 0.1) is 10.1 Å². The van der Waals surface area contributed by atoms with Crippen LogP contribution in [0.25, 0.3) is 10.2 Å². The Hall–Kier alpha value is -4.12. The summed E-state index contributed by atoms with van der Waals surface area (Å²) in [6, 6.07) is 14.3. The number of fused-ring (bicyclic) bond motifs is 1. The van der Waals surface area contributed by atoms with Gasteiger partial charge in [0.05, 0.1) is 15.1 Å². The Labute approximate surface area is 174 Å². The predicted molar refractivity (Wildman–Crippen MR) is 116 cm³/mol. The average Bonchev–Trinajstić information content (AvgIpc) is 3.11. The van der Waals surface area contributed by atoms with Crippen LogP contribution in [0.2, 0.25) is 0 Å². The number of hydrogen-bond acceptors (Lipinski definition) is 9. The minimum absolute atomic E-state index is 0.0332. The molecule has 0 bridgehead atoms. The van der Waals surface area contributed by atoms with Crippen LogP contribution in [-0.2, 0) is 4.79 Å². The predicted octanol–water partition coefficient (Wildman–Crippen LogP) is 4.44. The lowest BCUT2D eigenvalue weighted by Crippen LogP contribution is -2.06. The quantitative estimate of drug-likeness (QED) is 0.307. The number of carbonyl (C=O) groups excluding carboxylic acids is 1. The van der Waals surface area contributed by atoms with Gasteiger partial charge in [-0.25, -0.2) is 15.0 Å². The molecular weight excluding hydrogens is 406 g/mol. The lowest BCUT2D eigenvalue weighted by molar-refractivity contribution is -0.383. The zero-order chi connectivity index (χ0) is 21.1. The third kappa shape index (κ3) is 4.15. The van der Waals surface area contributed by atoms with Crippen LogP contribution in [0.3, 0.4) is 0 Å². The van der Waals surface area contributed by atoms with E-state index in [-0.39, 0.29) is 23.2 Å². The van der Waals surface area contributed by atoms with E-state index in [1.165, 1.54) is 24.6 Å². The van der Waals surface area contributed by atoms with Crippen LogP contribution >= 0.6 is 11.3 Å². The van der Waals surface area contributed by atoms with E-state index in [2.05, 4.69) is 30.9 Å². The molecule has 150 valence electrons. The Kier molecular flexibility index (Phi) is 5.18. The van der Waals surface area contributed by atoms with Crippen LogP contribution in [-0.4, -0.2) is 25.8 Å². The van der Waals surface area contributed by atoms with Crippen molar-refractivity contribution in [1.29, 1.82) is 0 Å². The van der Waals surface area contributed by atoms with E-state index in [1.54, 1.807) is 24.3 Å². The molecule has 4 aromatic rings. The highest BCUT2D eigenvalue weighted by Gasteiger charge is 2.24. The zero-order valence-electron chi connectivity index (χ0n) is 15.6. The highest BCUT2D eigenvalue weighted by Crippen LogP contribution is 2.35. The summed E-state index contributed by atoms with van der Waals surface area (Å²) >= 11 is 1.37. The molecule has 0 aliphatic heterocycles. The van der Waals surface area contributed by atoms with Gasteiger partial charge in [-0.1, -0.05) is 23.5 Å². The molecule has 0 saturated carbocycles. The molecule has 30 heavy (non-hydrogen) atoms. The largest absolute Gasteiger partial charge is 0.353 e. The normalized spacial score (nSPS) is 10.6. The van der Waals surface area contributed by atoms with E-state index in [0.717, 1.165) is 10.2 Å². The van der Waals surface area contributed by atoms with E-state index in [0.29, 0.717) is 16.5 Å². The van der Waals surface area contributed by atoms with Gasteiger partial charge in [0.2, 0.25) is 17.5 Å². The number of para-hydroxylation sites is 1. The van der Waals surface area contributed by atoms with Crippen molar-refractivity contribution in [1.82, 2.24) is 15.0 Å². The number of carbonyl (C=O) groups is 1. The Morgan fingerprint density at radius 1 is 1.00 bits per heavy atom. The number of aromatic nitrogens is 3. The summed E-state index contributed by atoms with van der Waals surface area (Å²) in [6.07, 6.45) is 1.23. The summed E-state index contributed by atoms with van der Waals surface area (Å²) in [5, 5.41) is 20.7. The lowest BCUT2D eigenvalue weighted by atomic mass is 10.2. The van der Waals surface area contributed by atoms with Crippen molar-refractivity contribution in [2.24, 2.45) is 0 Å². The minimum atomic E-state index is -0.552. The van der Waals surface area contributed by atoms with Gasteiger partial charge >= 0.3 is 5.69 Å². The maximum Gasteiger partial charge on any atom is 0.353 e. The molecule has 0 saturated heterocycles. The van der Waals surface area contributed by atoms with Gasteiger partial charge in [-0.15, -0.1) is 0 Å². The second-order valence-corrected chi connectivity index (χ2v) is 7.20. The first-order valence-corrected chi connectivity index (χ1v) is 9.58. The molecule has 0 fully saturated rings. The van der Waals surface area contributed by atoms with Gasteiger partial charge in [-0.05, 0) is 36.4 Å². The summed E-state index contributed by atoms with van der Waals surface area (Å²) in [7, 11) is 0. The fourth-order valence-corrected chi connectivity index (χ4v) is 3.60. The Bertz CT molecular complexity index is 1210. The number of nitrogens with zero attached hydrogens (tertiary/aromatic N) is 4. The van der Waals surface area contributed by atoms with Gasteiger partial charge in [-0.3, -0.25) is 14.9 Å². The maximum absolute atomic E-state index is 11.8. The lowest BCUT2D eigenvalue weighted by Gasteiger charge is -2.09. The summed E-state index contributed by atoms with van der Waals surface area (Å²) in [5.41, 5.74) is 1.67. The van der Waals surface area contributed by atoms with Crippen molar-refractivity contribution >= 4 is 61.3 Å². The van der Waals surface area contributed by atoms with Crippen molar-refractivity contribution < 1.29 is 9.72 Å². The van der Waals surface area contributed by atoms with Crippen LogP contribution in [0.4, 0.5) is 33.8 Å². The standard InChI is InChI=1S/C19H15N7O3S/c1-11(27)22-12-6-8-13(9-7-12)23-17-16(26(28)29)18(21-10-20-17)25-19-24-14-4-2-3-5-15(14)30-19/h2-10H,1H3,(H,22,27)(H2,20,21,23,24,25). The number of nitro groups is 1. The Balaban J connectivity index is 1.62. The second kappa shape index (κ2) is 8.09. The first kappa shape index (κ1) is 19.2. The zero-order valence-corrected chi connectivity index (χ0v) is 16.4. The van der Waals surface area contributed by atoms with E-state index >= 15 is 0 Å². The van der Waals surface area contributed by atoms with Crippen molar-refractivity contribution in [3.63, 3.8) is 0 Å². The molecule has 0 aliphatic carbocycles. The topological polar surface area (TPSA) is 135 Å². The molecule has 10 nitrogen and oxygen atoms in total. The summed E-state index contributed by atoms with van der Waals surface area (Å²) < 4.78 is 0.953. The number of thiazole rings is 1. The van der Waals surface area contributed by atoms with Gasteiger partial charge in [0.15, 0.2) is 5.13 Å². The first-order valence-electron chi connectivity index (χ1n) is 8.76. The van der Waals surface area contributed by atoms with Crippen molar-refractivity contribution in [3.05, 3.63) is 65.0 Å². The highest BCUT2D eigenvalue weighted by atomic mass is 32.1. The molecule has 0 atom stereocenters. The average molecular weight is 421 g/mol. The molecule has 0 unspecified atom stereocenters. The SMILES string of the molecule is CC(=O)Nc1ccc(Nc2ncnc(Nc3nc4ccccc4s3)c2[N+](=O)[O-])cc1. The third-order valence-corrected chi connectivity index (χ3v) is 4.94. The molecule has 2 aromatic carbocycles.